The lowest BCUT2D eigenvalue weighted by molar-refractivity contribution is 0.207. The Morgan fingerprint density at radius 2 is 1.85 bits per heavy atom. The van der Waals surface area contributed by atoms with Gasteiger partial charge < -0.3 is 20.3 Å². The third-order valence-electron chi connectivity index (χ3n) is 5.46. The summed E-state index contributed by atoms with van der Waals surface area (Å²) in [5.74, 6) is 2.87. The lowest BCUT2D eigenvalue weighted by Gasteiger charge is -2.35. The molecule has 0 radical (unpaired) electrons. The van der Waals surface area contributed by atoms with Gasteiger partial charge in [-0.2, -0.15) is 0 Å². The predicted molar refractivity (Wildman–Crippen MR) is 129 cm³/mol. The van der Waals surface area contributed by atoms with Gasteiger partial charge in [0.05, 0.1) is 5.69 Å². The molecule has 4 rings (SSSR count). The molecular weight excluding hydrogens is 434 g/mol. The smallest absolute Gasteiger partial charge is 0.323 e. The first-order valence-electron chi connectivity index (χ1n) is 11.4. The number of piperazine rings is 1. The fourth-order valence-corrected chi connectivity index (χ4v) is 3.64. The second-order valence-electron chi connectivity index (χ2n) is 7.79. The van der Waals surface area contributed by atoms with Crippen molar-refractivity contribution >= 4 is 23.6 Å². The predicted octanol–water partition coefficient (Wildman–Crippen LogP) is 2.30. The van der Waals surface area contributed by atoms with Crippen molar-refractivity contribution in [2.24, 2.45) is 0 Å². The van der Waals surface area contributed by atoms with Gasteiger partial charge in [-0.3, -0.25) is 5.32 Å². The molecule has 3 aromatic heterocycles. The maximum Gasteiger partial charge on any atom is 0.323 e. The third-order valence-corrected chi connectivity index (χ3v) is 5.46. The molecule has 34 heavy (non-hydrogen) atoms. The van der Waals surface area contributed by atoms with E-state index in [1.54, 1.807) is 23.4 Å². The Bertz CT molecular complexity index is 1110. The molecule has 11 heteroatoms. The van der Waals surface area contributed by atoms with E-state index in [0.717, 1.165) is 23.8 Å². The molecule has 0 unspecified atom stereocenters. The van der Waals surface area contributed by atoms with Gasteiger partial charge in [-0.25, -0.2) is 29.7 Å². The van der Waals surface area contributed by atoms with Gasteiger partial charge in [-0.15, -0.1) is 0 Å². The molecule has 0 spiro atoms. The molecular formula is C23H29N9O2. The fraction of sp³-hybridized carbons (Fsp3) is 0.391. The van der Waals surface area contributed by atoms with Crippen LogP contribution in [0.3, 0.4) is 0 Å². The molecule has 4 heterocycles. The standard InChI is InChI=1S/C23H29N9O2/c1-3-16-14-20(29-19(4-2)27-16)30-23(33)32-12-10-31(11-13-32)21-18(6-5-8-25-21)34-15-17-7-9-26-22(24)28-17/h5-9,14H,3-4,10-13,15H2,1-2H3,(H2,24,26,28)(H,27,29,30,33). The molecule has 11 nitrogen and oxygen atoms in total. The Balaban J connectivity index is 1.36. The number of aryl methyl sites for hydroxylation is 2. The van der Waals surface area contributed by atoms with Crippen LogP contribution in [0.15, 0.2) is 36.7 Å². The monoisotopic (exact) mass is 463 g/mol. The Labute approximate surface area is 198 Å². The largest absolute Gasteiger partial charge is 0.483 e. The van der Waals surface area contributed by atoms with Crippen molar-refractivity contribution in [1.82, 2.24) is 29.8 Å². The zero-order valence-corrected chi connectivity index (χ0v) is 19.4. The van der Waals surface area contributed by atoms with Crippen molar-refractivity contribution in [3.8, 4) is 5.75 Å². The van der Waals surface area contributed by atoms with Gasteiger partial charge in [0.15, 0.2) is 11.6 Å². The lowest BCUT2D eigenvalue weighted by atomic mass is 10.3. The lowest BCUT2D eigenvalue weighted by Crippen LogP contribution is -2.50. The van der Waals surface area contributed by atoms with Gasteiger partial charge >= 0.3 is 6.03 Å². The molecule has 178 valence electrons. The average Bonchev–Trinajstić information content (AvgIpc) is 2.87. The van der Waals surface area contributed by atoms with Crippen LogP contribution in [0.1, 0.15) is 31.1 Å². The van der Waals surface area contributed by atoms with Gasteiger partial charge in [0.2, 0.25) is 5.95 Å². The van der Waals surface area contributed by atoms with Crippen molar-refractivity contribution < 1.29 is 9.53 Å². The Kier molecular flexibility index (Phi) is 7.31. The maximum absolute atomic E-state index is 12.8. The number of anilines is 3. The highest BCUT2D eigenvalue weighted by atomic mass is 16.5. The number of nitrogen functional groups attached to an aromatic ring is 1. The number of carbonyl (C=O) groups excluding carboxylic acids is 1. The van der Waals surface area contributed by atoms with Crippen LogP contribution in [0.4, 0.5) is 22.4 Å². The highest BCUT2D eigenvalue weighted by Gasteiger charge is 2.24. The summed E-state index contributed by atoms with van der Waals surface area (Å²) in [7, 11) is 0. The van der Waals surface area contributed by atoms with Crippen LogP contribution in [0, 0.1) is 0 Å². The number of amides is 2. The zero-order valence-electron chi connectivity index (χ0n) is 19.4. The Morgan fingerprint density at radius 1 is 1.03 bits per heavy atom. The average molecular weight is 464 g/mol. The summed E-state index contributed by atoms with van der Waals surface area (Å²) < 4.78 is 5.97. The van der Waals surface area contributed by atoms with Crippen LogP contribution >= 0.6 is 0 Å². The second-order valence-corrected chi connectivity index (χ2v) is 7.79. The number of nitrogens with two attached hydrogens (primary N) is 1. The van der Waals surface area contributed by atoms with E-state index in [1.807, 2.05) is 32.0 Å². The molecule has 1 saturated heterocycles. The van der Waals surface area contributed by atoms with Gasteiger partial charge in [-0.1, -0.05) is 13.8 Å². The number of urea groups is 1. The zero-order chi connectivity index (χ0) is 23.9. The van der Waals surface area contributed by atoms with E-state index in [0.29, 0.717) is 49.9 Å². The van der Waals surface area contributed by atoms with Crippen molar-refractivity contribution in [2.45, 2.75) is 33.3 Å². The molecule has 0 aliphatic carbocycles. The number of carbonyl (C=O) groups is 1. The molecule has 2 amide bonds. The summed E-state index contributed by atoms with van der Waals surface area (Å²) in [4.78, 5) is 38.2. The van der Waals surface area contributed by atoms with Gasteiger partial charge in [-0.05, 0) is 24.6 Å². The molecule has 0 bridgehead atoms. The van der Waals surface area contributed by atoms with E-state index in [4.69, 9.17) is 10.5 Å². The first kappa shape index (κ1) is 23.1. The minimum Gasteiger partial charge on any atom is -0.483 e. The summed E-state index contributed by atoms with van der Waals surface area (Å²) >= 11 is 0. The van der Waals surface area contributed by atoms with Gasteiger partial charge in [0.1, 0.15) is 18.2 Å². The van der Waals surface area contributed by atoms with Crippen LogP contribution in [0.5, 0.6) is 5.75 Å². The molecule has 3 N–H and O–H groups in total. The van der Waals surface area contributed by atoms with Crippen LogP contribution in [-0.2, 0) is 19.4 Å². The first-order chi connectivity index (χ1) is 16.6. The van der Waals surface area contributed by atoms with E-state index >= 15 is 0 Å². The summed E-state index contributed by atoms with van der Waals surface area (Å²) in [6.07, 6.45) is 4.84. The topological polar surface area (TPSA) is 135 Å². The number of hydrogen-bond acceptors (Lipinski definition) is 9. The number of rotatable bonds is 7. The van der Waals surface area contributed by atoms with Crippen LogP contribution in [0.2, 0.25) is 0 Å². The SMILES string of the molecule is CCc1cc(NC(=O)N2CCN(c3ncccc3OCc3ccnc(N)n3)CC2)nc(CC)n1. The summed E-state index contributed by atoms with van der Waals surface area (Å²) in [6, 6.07) is 7.12. The van der Waals surface area contributed by atoms with Crippen LogP contribution in [0.25, 0.3) is 0 Å². The number of nitrogens with zero attached hydrogens (tertiary/aromatic N) is 7. The normalized spacial score (nSPS) is 13.6. The van der Waals surface area contributed by atoms with E-state index in [-0.39, 0.29) is 18.6 Å². The fourth-order valence-electron chi connectivity index (χ4n) is 3.64. The number of pyridine rings is 1. The number of ether oxygens (including phenoxy) is 1. The quantitative estimate of drug-likeness (QED) is 0.541. The minimum atomic E-state index is -0.165. The highest BCUT2D eigenvalue weighted by Crippen LogP contribution is 2.27. The van der Waals surface area contributed by atoms with E-state index in [1.165, 1.54) is 0 Å². The Hall–Kier alpha value is -4.02. The molecule has 1 aliphatic rings. The van der Waals surface area contributed by atoms with Gasteiger partial charge in [0.25, 0.3) is 0 Å². The molecule has 0 saturated carbocycles. The van der Waals surface area contributed by atoms with Crippen molar-refractivity contribution in [2.75, 3.05) is 42.1 Å². The summed E-state index contributed by atoms with van der Waals surface area (Å²) in [5, 5.41) is 2.92. The van der Waals surface area contributed by atoms with E-state index < -0.39 is 0 Å². The minimum absolute atomic E-state index is 0.165. The van der Waals surface area contributed by atoms with Crippen molar-refractivity contribution in [3.63, 3.8) is 0 Å². The van der Waals surface area contributed by atoms with E-state index in [9.17, 15) is 4.79 Å². The Morgan fingerprint density at radius 3 is 2.59 bits per heavy atom. The number of hydrogen-bond donors (Lipinski definition) is 2. The number of aromatic nitrogens is 5. The highest BCUT2D eigenvalue weighted by molar-refractivity contribution is 5.88. The second kappa shape index (κ2) is 10.7. The van der Waals surface area contributed by atoms with Crippen LogP contribution in [-0.4, -0.2) is 62.0 Å². The maximum atomic E-state index is 12.8. The summed E-state index contributed by atoms with van der Waals surface area (Å²) in [6.45, 7) is 6.65. The first-order valence-corrected chi connectivity index (χ1v) is 11.4. The third kappa shape index (κ3) is 5.66. The van der Waals surface area contributed by atoms with E-state index in [2.05, 4.69) is 35.1 Å². The number of nitrogens with one attached hydrogen (secondary N) is 1. The molecule has 0 aromatic carbocycles. The molecule has 1 fully saturated rings. The van der Waals surface area contributed by atoms with Crippen molar-refractivity contribution in [1.29, 1.82) is 0 Å². The van der Waals surface area contributed by atoms with Crippen LogP contribution < -0.4 is 20.7 Å². The molecule has 1 aliphatic heterocycles. The summed E-state index contributed by atoms with van der Waals surface area (Å²) in [5.41, 5.74) is 7.25. The van der Waals surface area contributed by atoms with Crippen molar-refractivity contribution in [3.05, 3.63) is 53.9 Å². The molecule has 0 atom stereocenters. The molecule has 3 aromatic rings. The van der Waals surface area contributed by atoms with Gasteiger partial charge in [0, 0.05) is 56.8 Å².